The van der Waals surface area contributed by atoms with E-state index in [1.54, 1.807) is 41.2 Å². The molecule has 1 aromatic carbocycles. The number of aromatic nitrogens is 4. The molecule has 0 aliphatic carbocycles. The van der Waals surface area contributed by atoms with Crippen molar-refractivity contribution in [2.24, 2.45) is 12.9 Å². The molecule has 5 aromatic rings. The topological polar surface area (TPSA) is 89.9 Å². The fourth-order valence-electron chi connectivity index (χ4n) is 3.98. The van der Waals surface area contributed by atoms with E-state index in [0.29, 0.717) is 33.0 Å². The number of rotatable bonds is 4. The summed E-state index contributed by atoms with van der Waals surface area (Å²) in [6.45, 7) is 1.93. The summed E-state index contributed by atoms with van der Waals surface area (Å²) >= 11 is 0.653. The van der Waals surface area contributed by atoms with Crippen LogP contribution in [0.3, 0.4) is 0 Å². The van der Waals surface area contributed by atoms with Gasteiger partial charge in [0, 0.05) is 46.2 Å². The number of pyridine rings is 2. The smallest absolute Gasteiger partial charge is 0.271 e. The first-order valence-electron chi connectivity index (χ1n) is 10.5. The number of carbonyl (C=O) groups is 1. The summed E-state index contributed by atoms with van der Waals surface area (Å²) in [5, 5.41) is 7.20. The van der Waals surface area contributed by atoms with E-state index in [1.807, 2.05) is 14.0 Å². The molecule has 4 aromatic heterocycles. The molecule has 0 saturated heterocycles. The molecule has 0 spiro atoms. The van der Waals surface area contributed by atoms with E-state index in [9.17, 15) is 18.0 Å². The van der Waals surface area contributed by atoms with Gasteiger partial charge in [0.2, 0.25) is 0 Å². The lowest BCUT2D eigenvalue weighted by Crippen LogP contribution is -2.37. The molecule has 2 N–H and O–H groups in total. The Morgan fingerprint density at radius 1 is 1.09 bits per heavy atom. The number of hydrogen-bond acceptors (Lipinski definition) is 6. The standard InChI is InChI=1S/C24H19F3N6OS/c1-13-18-11-30-19-6-4-14(9-17(19)22(18)32(2)31-13)23(34)33(28)12-16-5-3-15(10-29-16)20-7-8-21(35-20)24(25,26)27/h3-11H,12,28H2,1-2H3. The maximum atomic E-state index is 13.0. The fourth-order valence-corrected chi connectivity index (χ4v) is 4.84. The van der Waals surface area contributed by atoms with Crippen LogP contribution in [0, 0.1) is 6.92 Å². The normalized spacial score (nSPS) is 11.9. The first kappa shape index (κ1) is 22.9. The Labute approximate surface area is 201 Å². The van der Waals surface area contributed by atoms with Crippen molar-refractivity contribution in [2.75, 3.05) is 0 Å². The summed E-state index contributed by atoms with van der Waals surface area (Å²) in [7, 11) is 1.84. The lowest BCUT2D eigenvalue weighted by Gasteiger charge is -2.17. The summed E-state index contributed by atoms with van der Waals surface area (Å²) in [5.41, 5.74) is 3.92. The molecule has 4 heterocycles. The van der Waals surface area contributed by atoms with Crippen LogP contribution in [0.2, 0.25) is 0 Å². The van der Waals surface area contributed by atoms with Gasteiger partial charge in [-0.05, 0) is 43.3 Å². The Morgan fingerprint density at radius 3 is 2.57 bits per heavy atom. The number of benzene rings is 1. The van der Waals surface area contributed by atoms with Crippen molar-refractivity contribution in [3.8, 4) is 10.4 Å². The minimum atomic E-state index is -4.38. The number of fused-ring (bicyclic) bond motifs is 3. The Morgan fingerprint density at radius 2 is 1.89 bits per heavy atom. The van der Waals surface area contributed by atoms with Crippen LogP contribution in [0.5, 0.6) is 0 Å². The number of halogens is 3. The highest BCUT2D eigenvalue weighted by atomic mass is 32.1. The largest absolute Gasteiger partial charge is 0.425 e. The first-order chi connectivity index (χ1) is 16.6. The van der Waals surface area contributed by atoms with Gasteiger partial charge in [-0.3, -0.25) is 24.5 Å². The van der Waals surface area contributed by atoms with E-state index >= 15 is 0 Å². The molecule has 0 atom stereocenters. The Bertz CT molecular complexity index is 1570. The molecule has 0 fully saturated rings. The number of hydrazine groups is 1. The second-order valence-corrected chi connectivity index (χ2v) is 9.18. The van der Waals surface area contributed by atoms with Crippen molar-refractivity contribution in [1.82, 2.24) is 24.8 Å². The van der Waals surface area contributed by atoms with E-state index < -0.39 is 17.0 Å². The van der Waals surface area contributed by atoms with Gasteiger partial charge in [-0.25, -0.2) is 5.84 Å². The molecule has 0 bridgehead atoms. The van der Waals surface area contributed by atoms with Crippen LogP contribution in [0.15, 0.2) is 54.9 Å². The second kappa shape index (κ2) is 8.43. The molecule has 0 radical (unpaired) electrons. The monoisotopic (exact) mass is 496 g/mol. The molecule has 0 unspecified atom stereocenters. The van der Waals surface area contributed by atoms with Gasteiger partial charge in [0.05, 0.1) is 29.0 Å². The Kier molecular flexibility index (Phi) is 5.53. The number of carbonyl (C=O) groups excluding carboxylic acids is 1. The Hall–Kier alpha value is -3.83. The van der Waals surface area contributed by atoms with Crippen LogP contribution in [-0.4, -0.2) is 30.7 Å². The summed E-state index contributed by atoms with van der Waals surface area (Å²) in [5.74, 6) is 5.66. The molecule has 1 amide bonds. The molecule has 11 heteroatoms. The lowest BCUT2D eigenvalue weighted by molar-refractivity contribution is -0.134. The number of thiophene rings is 1. The minimum absolute atomic E-state index is 0.0304. The zero-order chi connectivity index (χ0) is 24.9. The van der Waals surface area contributed by atoms with E-state index in [2.05, 4.69) is 15.1 Å². The van der Waals surface area contributed by atoms with Gasteiger partial charge in [-0.1, -0.05) is 6.07 Å². The van der Waals surface area contributed by atoms with Gasteiger partial charge in [-0.15, -0.1) is 11.3 Å². The van der Waals surface area contributed by atoms with Crippen molar-refractivity contribution >= 4 is 39.0 Å². The molecular weight excluding hydrogens is 477 g/mol. The third kappa shape index (κ3) is 4.24. The van der Waals surface area contributed by atoms with Gasteiger partial charge in [0.15, 0.2) is 0 Å². The zero-order valence-electron chi connectivity index (χ0n) is 18.7. The number of aryl methyl sites for hydroxylation is 2. The van der Waals surface area contributed by atoms with E-state index in [-0.39, 0.29) is 6.54 Å². The van der Waals surface area contributed by atoms with E-state index in [4.69, 9.17) is 5.84 Å². The highest BCUT2D eigenvalue weighted by Crippen LogP contribution is 2.38. The van der Waals surface area contributed by atoms with Gasteiger partial charge in [0.1, 0.15) is 4.88 Å². The van der Waals surface area contributed by atoms with Crippen LogP contribution < -0.4 is 5.84 Å². The number of hydrogen-bond donors (Lipinski definition) is 1. The van der Waals surface area contributed by atoms with Crippen molar-refractivity contribution < 1.29 is 18.0 Å². The number of amides is 1. The molecule has 0 aliphatic rings. The molecular formula is C24H19F3N6OS. The van der Waals surface area contributed by atoms with Crippen molar-refractivity contribution in [3.05, 3.63) is 76.7 Å². The van der Waals surface area contributed by atoms with Gasteiger partial charge >= 0.3 is 6.18 Å². The average Bonchev–Trinajstić information content (AvgIpc) is 3.44. The van der Waals surface area contributed by atoms with Crippen LogP contribution in [-0.2, 0) is 19.8 Å². The van der Waals surface area contributed by atoms with Crippen LogP contribution in [0.25, 0.3) is 32.2 Å². The third-order valence-corrected chi connectivity index (χ3v) is 6.87. The molecule has 0 aliphatic heterocycles. The number of nitrogens with two attached hydrogens (primary N) is 1. The first-order valence-corrected chi connectivity index (χ1v) is 11.3. The molecule has 5 rings (SSSR count). The molecule has 35 heavy (non-hydrogen) atoms. The quantitative estimate of drug-likeness (QED) is 0.213. The van der Waals surface area contributed by atoms with Crippen molar-refractivity contribution in [1.29, 1.82) is 0 Å². The average molecular weight is 497 g/mol. The zero-order valence-corrected chi connectivity index (χ0v) is 19.5. The van der Waals surface area contributed by atoms with Gasteiger partial charge < -0.3 is 0 Å². The SMILES string of the molecule is Cc1nn(C)c2c1cnc1ccc(C(=O)N(N)Cc3ccc(-c4ccc(C(F)(F)F)s4)cn3)cc12. The predicted molar refractivity (Wildman–Crippen MR) is 127 cm³/mol. The highest BCUT2D eigenvalue weighted by Gasteiger charge is 2.32. The van der Waals surface area contributed by atoms with Crippen LogP contribution in [0.1, 0.15) is 26.6 Å². The molecule has 0 saturated carbocycles. The fraction of sp³-hybridized carbons (Fsp3) is 0.167. The molecule has 7 nitrogen and oxygen atoms in total. The van der Waals surface area contributed by atoms with Gasteiger partial charge in [-0.2, -0.15) is 18.3 Å². The number of alkyl halides is 3. The second-order valence-electron chi connectivity index (χ2n) is 8.09. The summed E-state index contributed by atoms with van der Waals surface area (Å²) in [6.07, 6.45) is -1.13. The third-order valence-electron chi connectivity index (χ3n) is 5.69. The van der Waals surface area contributed by atoms with Gasteiger partial charge in [0.25, 0.3) is 5.91 Å². The number of nitrogens with zero attached hydrogens (tertiary/aromatic N) is 5. The summed E-state index contributed by atoms with van der Waals surface area (Å²) in [4.78, 5) is 21.6. The van der Waals surface area contributed by atoms with Crippen molar-refractivity contribution in [3.63, 3.8) is 0 Å². The minimum Gasteiger partial charge on any atom is -0.271 e. The predicted octanol–water partition coefficient (Wildman–Crippen LogP) is 5.09. The summed E-state index contributed by atoms with van der Waals surface area (Å²) < 4.78 is 40.3. The molecule has 178 valence electrons. The van der Waals surface area contributed by atoms with E-state index in [0.717, 1.165) is 38.6 Å². The van der Waals surface area contributed by atoms with E-state index in [1.165, 1.54) is 12.3 Å². The maximum Gasteiger partial charge on any atom is 0.425 e. The lowest BCUT2D eigenvalue weighted by atomic mass is 10.1. The highest BCUT2D eigenvalue weighted by molar-refractivity contribution is 7.15. The van der Waals surface area contributed by atoms with Crippen molar-refractivity contribution in [2.45, 2.75) is 19.6 Å². The summed E-state index contributed by atoms with van der Waals surface area (Å²) in [6, 6.07) is 10.9. The van der Waals surface area contributed by atoms with Crippen LogP contribution in [0.4, 0.5) is 13.2 Å². The Balaban J connectivity index is 1.36. The van der Waals surface area contributed by atoms with Crippen LogP contribution >= 0.6 is 11.3 Å². The maximum absolute atomic E-state index is 13.0.